The number of hydrogen-bond donors (Lipinski definition) is 1. The summed E-state index contributed by atoms with van der Waals surface area (Å²) >= 11 is 0. The number of anilines is 1. The molecule has 2 nitrogen and oxygen atoms in total. The zero-order valence-corrected chi connectivity index (χ0v) is 11.5. The second-order valence-electron chi connectivity index (χ2n) is 6.37. The van der Waals surface area contributed by atoms with Crippen molar-refractivity contribution < 1.29 is 0 Å². The van der Waals surface area contributed by atoms with Gasteiger partial charge in [0, 0.05) is 18.8 Å². The van der Waals surface area contributed by atoms with Crippen molar-refractivity contribution >= 4 is 5.69 Å². The van der Waals surface area contributed by atoms with Crippen LogP contribution in [-0.2, 0) is 6.42 Å². The number of benzene rings is 1. The van der Waals surface area contributed by atoms with E-state index < -0.39 is 0 Å². The monoisotopic (exact) mass is 244 g/mol. The maximum Gasteiger partial charge on any atom is 0.0529 e. The van der Waals surface area contributed by atoms with Crippen LogP contribution in [0.4, 0.5) is 5.69 Å². The maximum atomic E-state index is 6.13. The fourth-order valence-electron chi connectivity index (χ4n) is 3.72. The third-order valence-corrected chi connectivity index (χ3v) is 5.07. The van der Waals surface area contributed by atoms with E-state index in [2.05, 4.69) is 43.0 Å². The lowest BCUT2D eigenvalue weighted by molar-refractivity contribution is 0.104. The SMILES string of the molecule is CC(C)C1CC(CN)(N2CCc3ccccc32)C1. The van der Waals surface area contributed by atoms with Crippen LogP contribution in [-0.4, -0.2) is 18.6 Å². The average molecular weight is 244 g/mol. The molecule has 1 heterocycles. The molecule has 98 valence electrons. The van der Waals surface area contributed by atoms with Crippen molar-refractivity contribution in [1.29, 1.82) is 0 Å². The fourth-order valence-corrected chi connectivity index (χ4v) is 3.72. The number of hydrogen-bond acceptors (Lipinski definition) is 2. The van der Waals surface area contributed by atoms with E-state index in [1.54, 1.807) is 0 Å². The van der Waals surface area contributed by atoms with Gasteiger partial charge >= 0.3 is 0 Å². The summed E-state index contributed by atoms with van der Waals surface area (Å²) in [5.41, 5.74) is 9.31. The zero-order chi connectivity index (χ0) is 12.8. The Morgan fingerprint density at radius 2 is 2.06 bits per heavy atom. The summed E-state index contributed by atoms with van der Waals surface area (Å²) in [6.07, 6.45) is 3.73. The van der Waals surface area contributed by atoms with Crippen LogP contribution < -0.4 is 10.6 Å². The van der Waals surface area contributed by atoms with Crippen LogP contribution in [0.15, 0.2) is 24.3 Å². The molecule has 2 aliphatic rings. The van der Waals surface area contributed by atoms with Crippen LogP contribution in [0.25, 0.3) is 0 Å². The molecule has 0 amide bonds. The molecule has 1 aliphatic heterocycles. The highest BCUT2D eigenvalue weighted by Gasteiger charge is 2.49. The standard InChI is InChI=1S/C16H24N2/c1-12(2)14-9-16(10-14,11-17)18-8-7-13-5-3-4-6-15(13)18/h3-6,12,14H,7-11,17H2,1-2H3. The Kier molecular flexibility index (Phi) is 2.86. The lowest BCUT2D eigenvalue weighted by Gasteiger charge is -2.55. The molecule has 0 bridgehead atoms. The van der Waals surface area contributed by atoms with Crippen LogP contribution >= 0.6 is 0 Å². The summed E-state index contributed by atoms with van der Waals surface area (Å²) in [6.45, 7) is 6.62. The van der Waals surface area contributed by atoms with Gasteiger partial charge in [-0.15, -0.1) is 0 Å². The van der Waals surface area contributed by atoms with E-state index in [0.717, 1.165) is 24.9 Å². The van der Waals surface area contributed by atoms with Gasteiger partial charge in [-0.3, -0.25) is 0 Å². The van der Waals surface area contributed by atoms with Gasteiger partial charge in [0.2, 0.25) is 0 Å². The van der Waals surface area contributed by atoms with Crippen LogP contribution in [0, 0.1) is 11.8 Å². The molecular weight excluding hydrogens is 220 g/mol. The molecule has 1 aromatic rings. The van der Waals surface area contributed by atoms with Crippen molar-refractivity contribution in [3.63, 3.8) is 0 Å². The maximum absolute atomic E-state index is 6.13. The Morgan fingerprint density at radius 3 is 2.72 bits per heavy atom. The number of para-hydroxylation sites is 1. The molecule has 0 unspecified atom stereocenters. The van der Waals surface area contributed by atoms with E-state index in [1.807, 2.05) is 0 Å². The minimum Gasteiger partial charge on any atom is -0.364 e. The van der Waals surface area contributed by atoms with Crippen LogP contribution in [0.5, 0.6) is 0 Å². The van der Waals surface area contributed by atoms with Gasteiger partial charge in [-0.2, -0.15) is 0 Å². The van der Waals surface area contributed by atoms with Crippen LogP contribution in [0.3, 0.4) is 0 Å². The van der Waals surface area contributed by atoms with Gasteiger partial charge < -0.3 is 10.6 Å². The molecule has 1 aromatic carbocycles. The first kappa shape index (κ1) is 12.0. The van der Waals surface area contributed by atoms with E-state index in [4.69, 9.17) is 5.73 Å². The first-order chi connectivity index (χ1) is 8.66. The van der Waals surface area contributed by atoms with Gasteiger partial charge in [-0.25, -0.2) is 0 Å². The second kappa shape index (κ2) is 4.27. The summed E-state index contributed by atoms with van der Waals surface area (Å²) in [6, 6.07) is 8.83. The molecule has 1 saturated carbocycles. The highest BCUT2D eigenvalue weighted by atomic mass is 15.2. The van der Waals surface area contributed by atoms with Crippen molar-refractivity contribution in [3.8, 4) is 0 Å². The molecule has 0 spiro atoms. The van der Waals surface area contributed by atoms with Crippen molar-refractivity contribution in [2.45, 2.75) is 38.6 Å². The lowest BCUT2D eigenvalue weighted by Crippen LogP contribution is -2.62. The summed E-state index contributed by atoms with van der Waals surface area (Å²) in [7, 11) is 0. The Morgan fingerprint density at radius 1 is 1.33 bits per heavy atom. The van der Waals surface area contributed by atoms with Gasteiger partial charge in [0.15, 0.2) is 0 Å². The molecular formula is C16H24N2. The van der Waals surface area contributed by atoms with E-state index in [0.29, 0.717) is 0 Å². The number of fused-ring (bicyclic) bond motifs is 1. The number of nitrogens with two attached hydrogens (primary N) is 1. The predicted molar refractivity (Wildman–Crippen MR) is 76.8 cm³/mol. The van der Waals surface area contributed by atoms with Crippen LogP contribution in [0.1, 0.15) is 32.3 Å². The van der Waals surface area contributed by atoms with E-state index in [-0.39, 0.29) is 5.54 Å². The van der Waals surface area contributed by atoms with Crippen molar-refractivity contribution in [2.75, 3.05) is 18.0 Å². The average Bonchev–Trinajstić information content (AvgIpc) is 2.73. The molecule has 18 heavy (non-hydrogen) atoms. The Labute approximate surface area is 110 Å². The minimum atomic E-state index is 0.252. The van der Waals surface area contributed by atoms with E-state index in [1.165, 1.54) is 30.5 Å². The summed E-state index contributed by atoms with van der Waals surface area (Å²) in [4.78, 5) is 2.60. The summed E-state index contributed by atoms with van der Waals surface area (Å²) in [5, 5.41) is 0. The quantitative estimate of drug-likeness (QED) is 0.886. The third-order valence-electron chi connectivity index (χ3n) is 5.07. The molecule has 0 atom stereocenters. The van der Waals surface area contributed by atoms with Gasteiger partial charge in [-0.1, -0.05) is 32.0 Å². The van der Waals surface area contributed by atoms with Crippen LogP contribution in [0.2, 0.25) is 0 Å². The Balaban J connectivity index is 1.83. The number of rotatable bonds is 3. The largest absolute Gasteiger partial charge is 0.364 e. The first-order valence-electron chi connectivity index (χ1n) is 7.22. The van der Waals surface area contributed by atoms with Crippen molar-refractivity contribution in [1.82, 2.24) is 0 Å². The Hall–Kier alpha value is -1.02. The predicted octanol–water partition coefficient (Wildman–Crippen LogP) is 2.81. The molecule has 0 radical (unpaired) electrons. The normalized spacial score (nSPS) is 30.4. The first-order valence-corrected chi connectivity index (χ1v) is 7.22. The summed E-state index contributed by atoms with van der Waals surface area (Å²) < 4.78 is 0. The molecule has 3 rings (SSSR count). The number of nitrogens with zero attached hydrogens (tertiary/aromatic N) is 1. The smallest absolute Gasteiger partial charge is 0.0529 e. The lowest BCUT2D eigenvalue weighted by atomic mass is 9.63. The topological polar surface area (TPSA) is 29.3 Å². The molecule has 0 saturated heterocycles. The van der Waals surface area contributed by atoms with Gasteiger partial charge in [0.1, 0.15) is 0 Å². The Bertz CT molecular complexity index is 432. The third kappa shape index (κ3) is 1.66. The molecule has 1 aliphatic carbocycles. The highest BCUT2D eigenvalue weighted by Crippen LogP contribution is 2.49. The minimum absolute atomic E-state index is 0.252. The molecule has 1 fully saturated rings. The second-order valence-corrected chi connectivity index (χ2v) is 6.37. The molecule has 2 heteroatoms. The summed E-state index contributed by atoms with van der Waals surface area (Å²) in [5.74, 6) is 1.66. The van der Waals surface area contributed by atoms with Gasteiger partial charge in [-0.05, 0) is 42.7 Å². The van der Waals surface area contributed by atoms with E-state index >= 15 is 0 Å². The molecule has 0 aromatic heterocycles. The van der Waals surface area contributed by atoms with Crippen molar-refractivity contribution in [3.05, 3.63) is 29.8 Å². The van der Waals surface area contributed by atoms with Crippen molar-refractivity contribution in [2.24, 2.45) is 17.6 Å². The van der Waals surface area contributed by atoms with Gasteiger partial charge in [0.25, 0.3) is 0 Å². The fraction of sp³-hybridized carbons (Fsp3) is 0.625. The highest BCUT2D eigenvalue weighted by molar-refractivity contribution is 5.60. The molecule has 2 N–H and O–H groups in total. The zero-order valence-electron chi connectivity index (χ0n) is 11.5. The van der Waals surface area contributed by atoms with E-state index in [9.17, 15) is 0 Å². The van der Waals surface area contributed by atoms with Gasteiger partial charge in [0.05, 0.1) is 5.54 Å².